The van der Waals surface area contributed by atoms with Gasteiger partial charge in [-0.05, 0) is 78.0 Å². The minimum Gasteiger partial charge on any atom is -0.399 e. The highest BCUT2D eigenvalue weighted by atomic mass is 16.7. The summed E-state index contributed by atoms with van der Waals surface area (Å²) in [5.41, 5.74) is 4.80. The van der Waals surface area contributed by atoms with Crippen molar-refractivity contribution in [2.45, 2.75) is 38.9 Å². The van der Waals surface area contributed by atoms with Gasteiger partial charge >= 0.3 is 7.12 Å². The quantitative estimate of drug-likeness (QED) is 0.144. The van der Waals surface area contributed by atoms with Gasteiger partial charge in [0.1, 0.15) is 0 Å². The van der Waals surface area contributed by atoms with E-state index in [2.05, 4.69) is 100 Å². The highest BCUT2D eigenvalue weighted by Gasteiger charge is 2.51. The van der Waals surface area contributed by atoms with Gasteiger partial charge in [-0.3, -0.25) is 0 Å². The maximum absolute atomic E-state index is 6.56. The highest BCUT2D eigenvalue weighted by molar-refractivity contribution is 6.62. The number of benzene rings is 6. The van der Waals surface area contributed by atoms with Gasteiger partial charge in [0, 0.05) is 16.7 Å². The lowest BCUT2D eigenvalue weighted by Gasteiger charge is -2.32. The largest absolute Gasteiger partial charge is 0.494 e. The molecule has 0 N–H and O–H groups in total. The summed E-state index contributed by atoms with van der Waals surface area (Å²) >= 11 is 0. The van der Waals surface area contributed by atoms with Gasteiger partial charge in [-0.15, -0.1) is 0 Å². The van der Waals surface area contributed by atoms with Crippen molar-refractivity contribution in [3.05, 3.63) is 133 Å². The molecule has 1 fully saturated rings. The third kappa shape index (κ3) is 5.40. The molecule has 7 aromatic rings. The Morgan fingerprint density at radius 3 is 1.57 bits per heavy atom. The van der Waals surface area contributed by atoms with Crippen LogP contribution in [-0.4, -0.2) is 33.3 Å². The van der Waals surface area contributed by atoms with E-state index in [1.807, 2.05) is 60.7 Å². The van der Waals surface area contributed by atoms with Crippen LogP contribution in [0, 0.1) is 0 Å². The molecular weight excluding hydrogens is 577 g/mol. The van der Waals surface area contributed by atoms with Gasteiger partial charge in [0.15, 0.2) is 17.5 Å². The molecule has 1 aliphatic rings. The third-order valence-corrected chi connectivity index (χ3v) is 9.52. The van der Waals surface area contributed by atoms with Crippen molar-refractivity contribution < 1.29 is 9.31 Å². The van der Waals surface area contributed by atoms with Gasteiger partial charge in [0.05, 0.1) is 11.2 Å². The Bertz CT molecular complexity index is 2200. The van der Waals surface area contributed by atoms with Gasteiger partial charge in [-0.1, -0.05) is 121 Å². The van der Waals surface area contributed by atoms with Gasteiger partial charge in [0.25, 0.3) is 0 Å². The van der Waals surface area contributed by atoms with Crippen molar-refractivity contribution >= 4 is 34.1 Å². The molecule has 0 radical (unpaired) electrons. The summed E-state index contributed by atoms with van der Waals surface area (Å²) in [5.74, 6) is 1.83. The zero-order valence-corrected chi connectivity index (χ0v) is 26.9. The van der Waals surface area contributed by atoms with Gasteiger partial charge in [-0.2, -0.15) is 0 Å². The number of hydrogen-bond donors (Lipinski definition) is 0. The second-order valence-corrected chi connectivity index (χ2v) is 13.2. The monoisotopic (exact) mass is 611 g/mol. The van der Waals surface area contributed by atoms with Crippen LogP contribution in [0.3, 0.4) is 0 Å². The molecule has 1 aliphatic heterocycles. The third-order valence-electron chi connectivity index (χ3n) is 9.52. The molecule has 0 aliphatic carbocycles. The van der Waals surface area contributed by atoms with Crippen LogP contribution in [0.2, 0.25) is 0 Å². The molecule has 0 amide bonds. The Kier molecular flexibility index (Phi) is 7.01. The van der Waals surface area contributed by atoms with Crippen molar-refractivity contribution in [3.63, 3.8) is 0 Å². The molecule has 2 heterocycles. The smallest absolute Gasteiger partial charge is 0.399 e. The molecule has 47 heavy (non-hydrogen) atoms. The average Bonchev–Trinajstić information content (AvgIpc) is 3.34. The summed E-state index contributed by atoms with van der Waals surface area (Å²) in [6.07, 6.45) is 0. The van der Waals surface area contributed by atoms with Crippen LogP contribution in [0.15, 0.2) is 133 Å². The van der Waals surface area contributed by atoms with Gasteiger partial charge in [0.2, 0.25) is 0 Å². The van der Waals surface area contributed by atoms with E-state index < -0.39 is 18.3 Å². The van der Waals surface area contributed by atoms with Crippen LogP contribution in [0.4, 0.5) is 0 Å². The van der Waals surface area contributed by atoms with E-state index in [1.165, 1.54) is 21.5 Å². The molecule has 8 rings (SSSR count). The maximum atomic E-state index is 6.56. The van der Waals surface area contributed by atoms with Gasteiger partial charge in [-0.25, -0.2) is 15.0 Å². The predicted octanol–water partition coefficient (Wildman–Crippen LogP) is 9.15. The first kappa shape index (κ1) is 29.3. The summed E-state index contributed by atoms with van der Waals surface area (Å²) in [6, 6.07) is 46.1. The van der Waals surface area contributed by atoms with E-state index in [-0.39, 0.29) is 0 Å². The van der Waals surface area contributed by atoms with Crippen molar-refractivity contribution in [1.29, 1.82) is 0 Å². The summed E-state index contributed by atoms with van der Waals surface area (Å²) in [6.45, 7) is 8.32. The van der Waals surface area contributed by atoms with Crippen LogP contribution in [0.5, 0.6) is 0 Å². The summed E-state index contributed by atoms with van der Waals surface area (Å²) < 4.78 is 13.1. The zero-order chi connectivity index (χ0) is 32.2. The fourth-order valence-corrected chi connectivity index (χ4v) is 6.19. The molecular formula is C41H34BN3O2. The number of nitrogens with zero attached hydrogens (tertiary/aromatic N) is 3. The fraction of sp³-hybridized carbons (Fsp3) is 0.146. The van der Waals surface area contributed by atoms with E-state index in [1.54, 1.807) is 0 Å². The molecule has 0 unspecified atom stereocenters. The summed E-state index contributed by atoms with van der Waals surface area (Å²) in [7, 11) is -0.549. The van der Waals surface area contributed by atoms with E-state index in [4.69, 9.17) is 24.3 Å². The predicted molar refractivity (Wildman–Crippen MR) is 192 cm³/mol. The first-order valence-corrected chi connectivity index (χ1v) is 16.0. The average molecular weight is 612 g/mol. The molecule has 0 atom stereocenters. The Morgan fingerprint density at radius 2 is 0.936 bits per heavy atom. The van der Waals surface area contributed by atoms with Crippen molar-refractivity contribution in [2.24, 2.45) is 0 Å². The molecule has 1 saturated heterocycles. The SMILES string of the molecule is CC1(C)OB(c2cc(-c3ccc4c(ccc5ccccc54)c3)cc(-c3nc(-c4ccccc4)nc(-c4ccccc4)n3)c2)OC1(C)C. The van der Waals surface area contributed by atoms with Crippen molar-refractivity contribution in [3.8, 4) is 45.3 Å². The normalized spacial score (nSPS) is 15.4. The minimum absolute atomic E-state index is 0.480. The lowest BCUT2D eigenvalue weighted by atomic mass is 9.76. The number of fused-ring (bicyclic) bond motifs is 3. The van der Waals surface area contributed by atoms with Crippen LogP contribution in [0.25, 0.3) is 66.8 Å². The fourth-order valence-electron chi connectivity index (χ4n) is 6.19. The lowest BCUT2D eigenvalue weighted by Crippen LogP contribution is -2.41. The molecule has 6 aromatic carbocycles. The summed E-state index contributed by atoms with van der Waals surface area (Å²) in [5, 5.41) is 4.89. The van der Waals surface area contributed by atoms with Crippen LogP contribution >= 0.6 is 0 Å². The Morgan fingerprint density at radius 1 is 0.426 bits per heavy atom. The number of hydrogen-bond acceptors (Lipinski definition) is 5. The van der Waals surface area contributed by atoms with E-state index in [0.29, 0.717) is 17.5 Å². The Hall–Kier alpha value is -5.17. The van der Waals surface area contributed by atoms with Crippen molar-refractivity contribution in [2.75, 3.05) is 0 Å². The lowest BCUT2D eigenvalue weighted by molar-refractivity contribution is 0.00578. The van der Waals surface area contributed by atoms with Gasteiger partial charge < -0.3 is 9.31 Å². The molecule has 6 heteroatoms. The number of aromatic nitrogens is 3. The second-order valence-electron chi connectivity index (χ2n) is 13.2. The van der Waals surface area contributed by atoms with Crippen molar-refractivity contribution in [1.82, 2.24) is 15.0 Å². The van der Waals surface area contributed by atoms with E-state index in [9.17, 15) is 0 Å². The summed E-state index contributed by atoms with van der Waals surface area (Å²) in [4.78, 5) is 15.0. The topological polar surface area (TPSA) is 57.1 Å². The molecule has 0 saturated carbocycles. The molecule has 0 spiro atoms. The maximum Gasteiger partial charge on any atom is 0.494 e. The minimum atomic E-state index is -0.549. The first-order valence-electron chi connectivity index (χ1n) is 16.0. The molecule has 0 bridgehead atoms. The molecule has 5 nitrogen and oxygen atoms in total. The second kappa shape index (κ2) is 11.3. The first-order chi connectivity index (χ1) is 22.7. The van der Waals surface area contributed by atoms with Crippen LogP contribution in [0.1, 0.15) is 27.7 Å². The zero-order valence-electron chi connectivity index (χ0n) is 26.9. The standard InChI is InChI=1S/C41H34BN3O2/c1-40(2)41(3,4)47-42(46-40)34-25-32(30-21-22-36-31(23-30)20-19-27-13-11-12-18-35(27)36)24-33(26-34)39-44-37(28-14-7-5-8-15-28)43-38(45-39)29-16-9-6-10-17-29/h5-26H,1-4H3. The van der Waals surface area contributed by atoms with Crippen LogP contribution < -0.4 is 5.46 Å². The Balaban J connectivity index is 1.32. The number of rotatable bonds is 5. The molecule has 228 valence electrons. The van der Waals surface area contributed by atoms with E-state index in [0.717, 1.165) is 33.3 Å². The van der Waals surface area contributed by atoms with E-state index >= 15 is 0 Å². The highest BCUT2D eigenvalue weighted by Crippen LogP contribution is 2.38. The van der Waals surface area contributed by atoms with Crippen LogP contribution in [-0.2, 0) is 9.31 Å². The molecule has 1 aromatic heterocycles. The Labute approximate surface area is 275 Å².